The monoisotopic (exact) mass is 362 g/mol. The first-order valence-corrected chi connectivity index (χ1v) is 9.15. The molecule has 1 aliphatic heterocycles. The maximum atomic E-state index is 12.4. The highest BCUT2D eigenvalue weighted by Crippen LogP contribution is 2.17. The molecule has 6 heteroatoms. The molecule has 4 rings (SSSR count). The minimum Gasteiger partial charge on any atom is -0.349 e. The van der Waals surface area contributed by atoms with E-state index in [1.165, 1.54) is 21.9 Å². The zero-order chi connectivity index (χ0) is 18.6. The van der Waals surface area contributed by atoms with Crippen LogP contribution in [0.3, 0.4) is 0 Å². The highest BCUT2D eigenvalue weighted by Gasteiger charge is 2.16. The van der Waals surface area contributed by atoms with Crippen molar-refractivity contribution < 1.29 is 4.79 Å². The van der Waals surface area contributed by atoms with Crippen LogP contribution in [0.25, 0.3) is 5.69 Å². The zero-order valence-corrected chi connectivity index (χ0v) is 15.0. The maximum absolute atomic E-state index is 12.4. The van der Waals surface area contributed by atoms with Gasteiger partial charge in [-0.25, -0.2) is 4.68 Å². The first-order chi connectivity index (χ1) is 13.2. The van der Waals surface area contributed by atoms with Gasteiger partial charge in [0.25, 0.3) is 11.5 Å². The van der Waals surface area contributed by atoms with Gasteiger partial charge in [-0.3, -0.25) is 19.6 Å². The van der Waals surface area contributed by atoms with E-state index in [9.17, 15) is 9.59 Å². The molecule has 2 N–H and O–H groups in total. The lowest BCUT2D eigenvalue weighted by molar-refractivity contribution is 0.0942. The van der Waals surface area contributed by atoms with E-state index < -0.39 is 0 Å². The highest BCUT2D eigenvalue weighted by atomic mass is 16.2. The molecule has 0 radical (unpaired) electrons. The van der Waals surface area contributed by atoms with E-state index >= 15 is 0 Å². The van der Waals surface area contributed by atoms with Crippen molar-refractivity contribution in [3.63, 3.8) is 0 Å². The number of aromatic amines is 1. The van der Waals surface area contributed by atoms with E-state index in [1.54, 1.807) is 0 Å². The topological polar surface area (TPSA) is 70.1 Å². The van der Waals surface area contributed by atoms with Crippen LogP contribution in [0.5, 0.6) is 0 Å². The van der Waals surface area contributed by atoms with Gasteiger partial charge in [-0.2, -0.15) is 0 Å². The molecule has 0 atom stereocenters. The van der Waals surface area contributed by atoms with Crippen LogP contribution in [0.15, 0.2) is 65.5 Å². The number of hydrogen-bond donors (Lipinski definition) is 2. The minimum absolute atomic E-state index is 0.251. The number of carbonyl (C=O) groups excluding carboxylic acids is 1. The molecule has 1 aromatic heterocycles. The van der Waals surface area contributed by atoms with Gasteiger partial charge in [0.1, 0.15) is 5.69 Å². The van der Waals surface area contributed by atoms with Gasteiger partial charge < -0.3 is 5.32 Å². The molecule has 2 aromatic carbocycles. The summed E-state index contributed by atoms with van der Waals surface area (Å²) in [5.74, 6) is -0.265. The summed E-state index contributed by atoms with van der Waals surface area (Å²) >= 11 is 0. The predicted molar refractivity (Wildman–Crippen MR) is 104 cm³/mol. The van der Waals surface area contributed by atoms with Crippen molar-refractivity contribution in [2.75, 3.05) is 19.6 Å². The fourth-order valence-corrected chi connectivity index (χ4v) is 3.45. The number of para-hydroxylation sites is 1. The summed E-state index contributed by atoms with van der Waals surface area (Å²) in [6.45, 7) is 3.23. The molecule has 0 saturated heterocycles. The summed E-state index contributed by atoms with van der Waals surface area (Å²) in [6, 6.07) is 19.0. The van der Waals surface area contributed by atoms with Gasteiger partial charge in [0, 0.05) is 32.2 Å². The van der Waals surface area contributed by atoms with Gasteiger partial charge >= 0.3 is 0 Å². The predicted octanol–water partition coefficient (Wildman–Crippen LogP) is 1.95. The number of amides is 1. The smallest absolute Gasteiger partial charge is 0.271 e. The van der Waals surface area contributed by atoms with Gasteiger partial charge in [-0.1, -0.05) is 42.5 Å². The second-order valence-corrected chi connectivity index (χ2v) is 6.73. The van der Waals surface area contributed by atoms with E-state index in [0.717, 1.165) is 26.1 Å². The standard InChI is InChI=1S/C21H22N4O2/c26-20-14-19(23-25(20)18-8-2-1-3-9-18)21(27)22-11-13-24-12-10-16-6-4-5-7-17(16)15-24/h1-9,14,23H,10-13,15H2,(H,22,27). The molecule has 0 unspecified atom stereocenters. The molecule has 3 aromatic rings. The molecule has 0 bridgehead atoms. The molecule has 2 heterocycles. The van der Waals surface area contributed by atoms with Crippen LogP contribution in [0.4, 0.5) is 0 Å². The van der Waals surface area contributed by atoms with Crippen LogP contribution < -0.4 is 10.9 Å². The van der Waals surface area contributed by atoms with Gasteiger partial charge in [0.15, 0.2) is 0 Å². The fourth-order valence-electron chi connectivity index (χ4n) is 3.45. The molecule has 27 heavy (non-hydrogen) atoms. The van der Waals surface area contributed by atoms with Crippen molar-refractivity contribution in [1.29, 1.82) is 0 Å². The normalized spacial score (nSPS) is 13.9. The zero-order valence-electron chi connectivity index (χ0n) is 15.0. The number of H-pyrrole nitrogens is 1. The Labute approximate surface area is 157 Å². The van der Waals surface area contributed by atoms with Crippen LogP contribution in [-0.4, -0.2) is 40.2 Å². The van der Waals surface area contributed by atoms with Crippen molar-refractivity contribution in [2.24, 2.45) is 0 Å². The first-order valence-electron chi connectivity index (χ1n) is 9.15. The summed E-state index contributed by atoms with van der Waals surface area (Å²) in [4.78, 5) is 26.8. The molecule has 1 aliphatic rings. The van der Waals surface area contributed by atoms with E-state index in [2.05, 4.69) is 39.6 Å². The summed E-state index contributed by atoms with van der Waals surface area (Å²) in [5.41, 5.74) is 3.50. The second kappa shape index (κ2) is 7.63. The number of hydrogen-bond acceptors (Lipinski definition) is 3. The molecule has 138 valence electrons. The molecule has 0 aliphatic carbocycles. The van der Waals surface area contributed by atoms with E-state index in [0.29, 0.717) is 12.2 Å². The van der Waals surface area contributed by atoms with Crippen molar-refractivity contribution in [1.82, 2.24) is 20.0 Å². The van der Waals surface area contributed by atoms with Gasteiger partial charge in [0.2, 0.25) is 0 Å². The molecule has 0 saturated carbocycles. The van der Waals surface area contributed by atoms with E-state index in [1.807, 2.05) is 30.3 Å². The van der Waals surface area contributed by atoms with Gasteiger partial charge in [-0.05, 0) is 29.7 Å². The largest absolute Gasteiger partial charge is 0.349 e. The summed E-state index contributed by atoms with van der Waals surface area (Å²) < 4.78 is 1.37. The lowest BCUT2D eigenvalue weighted by Gasteiger charge is -2.28. The number of fused-ring (bicyclic) bond motifs is 1. The Morgan fingerprint density at radius 1 is 1.04 bits per heavy atom. The SMILES string of the molecule is O=C(NCCN1CCc2ccccc2C1)c1cc(=O)n(-c2ccccc2)[nH]1. The summed E-state index contributed by atoms with van der Waals surface area (Å²) in [6.07, 6.45) is 1.04. The van der Waals surface area contributed by atoms with E-state index in [-0.39, 0.29) is 17.2 Å². The molecular weight excluding hydrogens is 340 g/mol. The van der Waals surface area contributed by atoms with Crippen LogP contribution in [0.2, 0.25) is 0 Å². The van der Waals surface area contributed by atoms with Crippen molar-refractivity contribution in [3.8, 4) is 5.69 Å². The number of nitrogens with zero attached hydrogens (tertiary/aromatic N) is 2. The fraction of sp³-hybridized carbons (Fsp3) is 0.238. The third-order valence-corrected chi connectivity index (χ3v) is 4.90. The molecule has 1 amide bonds. The van der Waals surface area contributed by atoms with Crippen LogP contribution in [0, 0.1) is 0 Å². The average molecular weight is 362 g/mol. The third kappa shape index (κ3) is 3.85. The molecule has 6 nitrogen and oxygen atoms in total. The Morgan fingerprint density at radius 3 is 2.59 bits per heavy atom. The highest BCUT2D eigenvalue weighted by molar-refractivity contribution is 5.92. The van der Waals surface area contributed by atoms with Crippen molar-refractivity contribution >= 4 is 5.91 Å². The third-order valence-electron chi connectivity index (χ3n) is 4.90. The number of benzene rings is 2. The Kier molecular flexibility index (Phi) is 4.89. The molecule has 0 spiro atoms. The molecular formula is C21H22N4O2. The van der Waals surface area contributed by atoms with Crippen LogP contribution >= 0.6 is 0 Å². The average Bonchev–Trinajstić information content (AvgIpc) is 3.10. The lowest BCUT2D eigenvalue weighted by Crippen LogP contribution is -2.37. The van der Waals surface area contributed by atoms with Crippen LogP contribution in [-0.2, 0) is 13.0 Å². The Hall–Kier alpha value is -3.12. The maximum Gasteiger partial charge on any atom is 0.271 e. The summed E-state index contributed by atoms with van der Waals surface area (Å²) in [7, 11) is 0. The van der Waals surface area contributed by atoms with Crippen molar-refractivity contribution in [3.05, 3.63) is 87.8 Å². The van der Waals surface area contributed by atoms with E-state index in [4.69, 9.17) is 0 Å². The van der Waals surface area contributed by atoms with Gasteiger partial charge in [-0.15, -0.1) is 0 Å². The Morgan fingerprint density at radius 2 is 1.78 bits per heavy atom. The van der Waals surface area contributed by atoms with Gasteiger partial charge in [0.05, 0.1) is 5.69 Å². The quantitative estimate of drug-likeness (QED) is 0.729. The summed E-state index contributed by atoms with van der Waals surface area (Å²) in [5, 5.41) is 5.78. The van der Waals surface area contributed by atoms with Crippen LogP contribution in [0.1, 0.15) is 21.6 Å². The van der Waals surface area contributed by atoms with Crippen molar-refractivity contribution in [2.45, 2.75) is 13.0 Å². The first kappa shape index (κ1) is 17.3. The number of carbonyl (C=O) groups is 1. The number of aromatic nitrogens is 2. The second-order valence-electron chi connectivity index (χ2n) is 6.73. The minimum atomic E-state index is -0.265. The number of rotatable bonds is 5. The Bertz CT molecular complexity index is 991. The Balaban J connectivity index is 1.33. The molecule has 0 fully saturated rings. The lowest BCUT2D eigenvalue weighted by atomic mass is 10.00. The number of nitrogens with one attached hydrogen (secondary N) is 2.